The van der Waals surface area contributed by atoms with Crippen molar-refractivity contribution in [1.82, 2.24) is 10.3 Å². The summed E-state index contributed by atoms with van der Waals surface area (Å²) in [4.78, 5) is 27.0. The number of hydrogen-bond donors (Lipinski definition) is 2. The highest BCUT2D eigenvalue weighted by Gasteiger charge is 2.31. The third kappa shape index (κ3) is 3.35. The Morgan fingerprint density at radius 1 is 1.30 bits per heavy atom. The van der Waals surface area contributed by atoms with Crippen molar-refractivity contribution < 1.29 is 14.7 Å². The molecule has 0 unspecified atom stereocenters. The molecule has 1 saturated carbocycles. The summed E-state index contributed by atoms with van der Waals surface area (Å²) in [5.74, 6) is -0.726. The first-order valence-electron chi connectivity index (χ1n) is 6.92. The highest BCUT2D eigenvalue weighted by atomic mass is 16.4. The lowest BCUT2D eigenvalue weighted by atomic mass is 9.78. The molecule has 0 radical (unpaired) electrons. The number of hydrogen-bond acceptors (Lipinski definition) is 3. The zero-order chi connectivity index (χ0) is 14.8. The van der Waals surface area contributed by atoms with E-state index in [1.807, 2.05) is 6.92 Å². The van der Waals surface area contributed by atoms with E-state index in [-0.39, 0.29) is 22.8 Å². The zero-order valence-corrected chi connectivity index (χ0v) is 11.8. The highest BCUT2D eigenvalue weighted by Crippen LogP contribution is 2.31. The summed E-state index contributed by atoms with van der Waals surface area (Å²) >= 11 is 0. The molecular formula is C15H20N2O3. The van der Waals surface area contributed by atoms with Gasteiger partial charge in [-0.1, -0.05) is 13.0 Å². The molecule has 0 aliphatic heterocycles. The summed E-state index contributed by atoms with van der Waals surface area (Å²) in [5, 5.41) is 11.9. The van der Waals surface area contributed by atoms with Crippen LogP contribution in [-0.4, -0.2) is 27.5 Å². The monoisotopic (exact) mass is 276 g/mol. The van der Waals surface area contributed by atoms with Crippen LogP contribution in [0.1, 0.15) is 60.5 Å². The maximum Gasteiger partial charge on any atom is 0.354 e. The van der Waals surface area contributed by atoms with Gasteiger partial charge in [-0.3, -0.25) is 4.79 Å². The number of nitrogens with one attached hydrogen (secondary N) is 1. The van der Waals surface area contributed by atoms with Gasteiger partial charge in [0.15, 0.2) is 0 Å². The van der Waals surface area contributed by atoms with Crippen LogP contribution in [0.15, 0.2) is 18.2 Å². The van der Waals surface area contributed by atoms with Crippen molar-refractivity contribution in [2.24, 2.45) is 5.92 Å². The topological polar surface area (TPSA) is 79.3 Å². The molecule has 0 bridgehead atoms. The van der Waals surface area contributed by atoms with Crippen molar-refractivity contribution in [2.45, 2.75) is 45.1 Å². The van der Waals surface area contributed by atoms with Crippen molar-refractivity contribution in [3.05, 3.63) is 29.6 Å². The molecule has 0 atom stereocenters. The Labute approximate surface area is 118 Å². The highest BCUT2D eigenvalue weighted by molar-refractivity contribution is 5.94. The van der Waals surface area contributed by atoms with Crippen LogP contribution in [-0.2, 0) is 0 Å². The first-order chi connectivity index (χ1) is 9.39. The van der Waals surface area contributed by atoms with Gasteiger partial charge < -0.3 is 10.4 Å². The van der Waals surface area contributed by atoms with E-state index < -0.39 is 5.97 Å². The Balaban J connectivity index is 2.08. The number of carbonyl (C=O) groups is 2. The Bertz CT molecular complexity index is 520. The fourth-order valence-corrected chi connectivity index (χ4v) is 2.54. The molecule has 0 aromatic carbocycles. The molecular weight excluding hydrogens is 256 g/mol. The lowest BCUT2D eigenvalue weighted by Crippen LogP contribution is -2.48. The van der Waals surface area contributed by atoms with Gasteiger partial charge in [-0.2, -0.15) is 0 Å². The smallest absolute Gasteiger partial charge is 0.354 e. The summed E-state index contributed by atoms with van der Waals surface area (Å²) in [5.41, 5.74) is -0.172. The fraction of sp³-hybridized carbons (Fsp3) is 0.533. The predicted molar refractivity (Wildman–Crippen MR) is 74.7 cm³/mol. The molecule has 1 aromatic heterocycles. The molecule has 1 aliphatic rings. The second-order valence-electron chi connectivity index (χ2n) is 5.91. The molecule has 2 N–H and O–H groups in total. The third-order valence-corrected chi connectivity index (χ3v) is 3.99. The van der Waals surface area contributed by atoms with E-state index in [9.17, 15) is 9.59 Å². The lowest BCUT2D eigenvalue weighted by molar-refractivity contribution is 0.0690. The van der Waals surface area contributed by atoms with Gasteiger partial charge in [0, 0.05) is 5.54 Å². The average molecular weight is 276 g/mol. The fourth-order valence-electron chi connectivity index (χ4n) is 2.54. The van der Waals surface area contributed by atoms with Gasteiger partial charge in [-0.05, 0) is 50.7 Å². The summed E-state index contributed by atoms with van der Waals surface area (Å²) < 4.78 is 0. The first kappa shape index (κ1) is 14.5. The minimum Gasteiger partial charge on any atom is -0.477 e. The maximum atomic E-state index is 12.2. The largest absolute Gasteiger partial charge is 0.477 e. The number of carboxylic acids is 1. The number of amides is 1. The number of aromatic carboxylic acids is 1. The van der Waals surface area contributed by atoms with Gasteiger partial charge in [0.05, 0.1) is 0 Å². The normalized spacial score (nSPS) is 26.0. The Morgan fingerprint density at radius 2 is 1.90 bits per heavy atom. The van der Waals surface area contributed by atoms with Crippen molar-refractivity contribution in [3.8, 4) is 0 Å². The molecule has 5 heteroatoms. The molecule has 1 amide bonds. The van der Waals surface area contributed by atoms with Gasteiger partial charge in [-0.15, -0.1) is 0 Å². The van der Waals surface area contributed by atoms with Crippen LogP contribution in [0.5, 0.6) is 0 Å². The second kappa shape index (κ2) is 5.61. The van der Waals surface area contributed by atoms with Gasteiger partial charge in [0.1, 0.15) is 11.4 Å². The third-order valence-electron chi connectivity index (χ3n) is 3.99. The summed E-state index contributed by atoms with van der Waals surface area (Å²) in [6.07, 6.45) is 4.08. The Morgan fingerprint density at radius 3 is 2.50 bits per heavy atom. The molecule has 0 spiro atoms. The van der Waals surface area contributed by atoms with E-state index in [1.165, 1.54) is 18.2 Å². The van der Waals surface area contributed by atoms with Crippen molar-refractivity contribution in [1.29, 1.82) is 0 Å². The standard InChI is InChI=1S/C15H20N2O3/c1-10-6-8-15(2,9-7-10)17-13(18)11-4-3-5-12(16-11)14(19)20/h3-5,10H,6-9H2,1-2H3,(H,17,18)(H,19,20). The van der Waals surface area contributed by atoms with Gasteiger partial charge in [0.25, 0.3) is 5.91 Å². The molecule has 20 heavy (non-hydrogen) atoms. The average Bonchev–Trinajstić information content (AvgIpc) is 2.42. The number of nitrogens with zero attached hydrogens (tertiary/aromatic N) is 1. The van der Waals surface area contributed by atoms with Crippen LogP contribution in [0, 0.1) is 5.92 Å². The van der Waals surface area contributed by atoms with Crippen LogP contribution in [0.2, 0.25) is 0 Å². The lowest BCUT2D eigenvalue weighted by Gasteiger charge is -2.37. The second-order valence-corrected chi connectivity index (χ2v) is 5.91. The minimum atomic E-state index is -1.13. The first-order valence-corrected chi connectivity index (χ1v) is 6.92. The Hall–Kier alpha value is -1.91. The van der Waals surface area contributed by atoms with E-state index in [0.29, 0.717) is 5.92 Å². The van der Waals surface area contributed by atoms with E-state index in [1.54, 1.807) is 0 Å². The summed E-state index contributed by atoms with van der Waals surface area (Å²) in [7, 11) is 0. The number of rotatable bonds is 3. The van der Waals surface area contributed by atoms with Crippen molar-refractivity contribution in [3.63, 3.8) is 0 Å². The molecule has 2 rings (SSSR count). The van der Waals surface area contributed by atoms with Gasteiger partial charge in [0.2, 0.25) is 0 Å². The minimum absolute atomic E-state index is 0.111. The summed E-state index contributed by atoms with van der Waals surface area (Å²) in [6, 6.07) is 4.45. The van der Waals surface area contributed by atoms with E-state index in [0.717, 1.165) is 25.7 Å². The van der Waals surface area contributed by atoms with Crippen LogP contribution < -0.4 is 5.32 Å². The Kier molecular flexibility index (Phi) is 4.06. The number of pyridine rings is 1. The molecule has 0 saturated heterocycles. The van der Waals surface area contributed by atoms with E-state index in [4.69, 9.17) is 5.11 Å². The van der Waals surface area contributed by atoms with Crippen LogP contribution in [0.25, 0.3) is 0 Å². The van der Waals surface area contributed by atoms with Gasteiger partial charge >= 0.3 is 5.97 Å². The number of carboxylic acid groups (broad SMARTS) is 1. The number of carbonyl (C=O) groups excluding carboxylic acids is 1. The van der Waals surface area contributed by atoms with Crippen molar-refractivity contribution in [2.75, 3.05) is 0 Å². The van der Waals surface area contributed by atoms with Gasteiger partial charge in [-0.25, -0.2) is 9.78 Å². The summed E-state index contributed by atoms with van der Waals surface area (Å²) in [6.45, 7) is 4.26. The molecule has 1 aliphatic carbocycles. The van der Waals surface area contributed by atoms with Crippen LogP contribution in [0.3, 0.4) is 0 Å². The molecule has 5 nitrogen and oxygen atoms in total. The van der Waals surface area contributed by atoms with E-state index >= 15 is 0 Å². The zero-order valence-electron chi connectivity index (χ0n) is 11.8. The quantitative estimate of drug-likeness (QED) is 0.889. The molecule has 1 fully saturated rings. The maximum absolute atomic E-state index is 12.2. The van der Waals surface area contributed by atoms with E-state index in [2.05, 4.69) is 17.2 Å². The molecule has 1 aromatic rings. The van der Waals surface area contributed by atoms with Crippen LogP contribution >= 0.6 is 0 Å². The van der Waals surface area contributed by atoms with Crippen LogP contribution in [0.4, 0.5) is 0 Å². The molecule has 108 valence electrons. The predicted octanol–water partition coefficient (Wildman–Crippen LogP) is 2.48. The SMILES string of the molecule is CC1CCC(C)(NC(=O)c2cccc(C(=O)O)n2)CC1. The molecule has 1 heterocycles. The number of aromatic nitrogens is 1. The van der Waals surface area contributed by atoms with Crippen molar-refractivity contribution >= 4 is 11.9 Å².